The molecule has 5 nitrogen and oxygen atoms in total. The van der Waals surface area contributed by atoms with Crippen LogP contribution in [0.5, 0.6) is 0 Å². The molecule has 18 heavy (non-hydrogen) atoms. The number of hydrogen-bond donors (Lipinski definition) is 1. The number of nitrogens with zero attached hydrogens (tertiary/aromatic N) is 3. The summed E-state index contributed by atoms with van der Waals surface area (Å²) in [6, 6.07) is 0.718. The van der Waals surface area contributed by atoms with Gasteiger partial charge < -0.3 is 10.5 Å². The number of likely N-dealkylation sites (N-methyl/N-ethyl adjacent to an activating group) is 1. The Morgan fingerprint density at radius 2 is 2.50 bits per heavy atom. The van der Waals surface area contributed by atoms with Crippen molar-refractivity contribution < 1.29 is 4.74 Å². The molecule has 2 heterocycles. The molecule has 2 rings (SSSR count). The molecule has 1 aliphatic heterocycles. The second kappa shape index (κ2) is 6.31. The quantitative estimate of drug-likeness (QED) is 0.821. The highest BCUT2D eigenvalue weighted by atomic mass is 16.5. The second-order valence-electron chi connectivity index (χ2n) is 4.97. The molecule has 1 saturated heterocycles. The SMILES string of the molecule is CCCn1cc(C(CN)N(C)C2CCOC2)cn1. The molecule has 1 aromatic rings. The van der Waals surface area contributed by atoms with E-state index in [1.807, 2.05) is 10.9 Å². The van der Waals surface area contributed by atoms with Crippen molar-refractivity contribution in [3.05, 3.63) is 18.0 Å². The normalized spacial score (nSPS) is 21.7. The van der Waals surface area contributed by atoms with Gasteiger partial charge in [0.15, 0.2) is 0 Å². The van der Waals surface area contributed by atoms with Crippen LogP contribution in [0.3, 0.4) is 0 Å². The Kier molecular flexibility index (Phi) is 4.74. The molecule has 2 atom stereocenters. The summed E-state index contributed by atoms with van der Waals surface area (Å²) in [5.41, 5.74) is 7.15. The molecule has 102 valence electrons. The molecule has 2 N–H and O–H groups in total. The Labute approximate surface area is 109 Å². The van der Waals surface area contributed by atoms with Gasteiger partial charge in [-0.15, -0.1) is 0 Å². The van der Waals surface area contributed by atoms with Crippen LogP contribution in [-0.4, -0.2) is 47.5 Å². The summed E-state index contributed by atoms with van der Waals surface area (Å²) >= 11 is 0. The number of aromatic nitrogens is 2. The van der Waals surface area contributed by atoms with Gasteiger partial charge in [0.2, 0.25) is 0 Å². The first-order valence-corrected chi connectivity index (χ1v) is 6.78. The van der Waals surface area contributed by atoms with Crippen molar-refractivity contribution in [3.63, 3.8) is 0 Å². The summed E-state index contributed by atoms with van der Waals surface area (Å²) in [7, 11) is 2.13. The third-order valence-electron chi connectivity index (χ3n) is 3.69. The average molecular weight is 252 g/mol. The lowest BCUT2D eigenvalue weighted by molar-refractivity contribution is 0.134. The molecule has 0 bridgehead atoms. The molecule has 0 aliphatic carbocycles. The van der Waals surface area contributed by atoms with E-state index in [0.29, 0.717) is 12.6 Å². The minimum atomic E-state index is 0.238. The Bertz CT molecular complexity index is 360. The van der Waals surface area contributed by atoms with Crippen molar-refractivity contribution in [3.8, 4) is 0 Å². The Morgan fingerprint density at radius 1 is 1.67 bits per heavy atom. The third-order valence-corrected chi connectivity index (χ3v) is 3.69. The maximum absolute atomic E-state index is 5.94. The van der Waals surface area contributed by atoms with Crippen LogP contribution in [0.1, 0.15) is 31.4 Å². The topological polar surface area (TPSA) is 56.3 Å². The minimum absolute atomic E-state index is 0.238. The number of aryl methyl sites for hydroxylation is 1. The molecule has 0 amide bonds. The van der Waals surface area contributed by atoms with Gasteiger partial charge in [-0.2, -0.15) is 5.10 Å². The first-order chi connectivity index (χ1) is 8.76. The zero-order valence-corrected chi connectivity index (χ0v) is 11.4. The standard InChI is InChI=1S/C13H24N4O/c1-3-5-17-9-11(8-15-17)13(7-14)16(2)12-4-6-18-10-12/h8-9,12-13H,3-7,10,14H2,1-2H3. The first kappa shape index (κ1) is 13.5. The van der Waals surface area contributed by atoms with Crippen molar-refractivity contribution in [1.82, 2.24) is 14.7 Å². The molecule has 1 aliphatic rings. The van der Waals surface area contributed by atoms with E-state index in [1.54, 1.807) is 0 Å². The summed E-state index contributed by atoms with van der Waals surface area (Å²) in [5, 5.41) is 4.39. The predicted octanol–water partition coefficient (Wildman–Crippen LogP) is 1.01. The summed E-state index contributed by atoms with van der Waals surface area (Å²) in [4.78, 5) is 2.33. The van der Waals surface area contributed by atoms with Crippen molar-refractivity contribution in [2.24, 2.45) is 5.73 Å². The maximum Gasteiger partial charge on any atom is 0.0622 e. The fourth-order valence-corrected chi connectivity index (χ4v) is 2.54. The molecule has 0 spiro atoms. The van der Waals surface area contributed by atoms with Crippen LogP contribution in [0.4, 0.5) is 0 Å². The lowest BCUT2D eigenvalue weighted by atomic mass is 10.1. The van der Waals surface area contributed by atoms with E-state index in [2.05, 4.69) is 30.2 Å². The van der Waals surface area contributed by atoms with E-state index >= 15 is 0 Å². The van der Waals surface area contributed by atoms with E-state index in [0.717, 1.165) is 32.6 Å². The molecule has 0 aromatic carbocycles. The smallest absolute Gasteiger partial charge is 0.0622 e. The fourth-order valence-electron chi connectivity index (χ4n) is 2.54. The molecule has 1 fully saturated rings. The van der Waals surface area contributed by atoms with E-state index in [9.17, 15) is 0 Å². The zero-order chi connectivity index (χ0) is 13.0. The van der Waals surface area contributed by atoms with Gasteiger partial charge in [-0.1, -0.05) is 6.92 Å². The number of ether oxygens (including phenoxy) is 1. The number of rotatable bonds is 6. The summed E-state index contributed by atoms with van der Waals surface area (Å²) in [6.45, 7) is 5.42. The first-order valence-electron chi connectivity index (χ1n) is 6.78. The highest BCUT2D eigenvalue weighted by molar-refractivity contribution is 5.11. The van der Waals surface area contributed by atoms with Crippen molar-refractivity contribution in [1.29, 1.82) is 0 Å². The van der Waals surface area contributed by atoms with Gasteiger partial charge in [0, 0.05) is 37.5 Å². The van der Waals surface area contributed by atoms with Gasteiger partial charge in [-0.25, -0.2) is 0 Å². The molecule has 5 heteroatoms. The van der Waals surface area contributed by atoms with Crippen LogP contribution < -0.4 is 5.73 Å². The van der Waals surface area contributed by atoms with E-state index in [4.69, 9.17) is 10.5 Å². The largest absolute Gasteiger partial charge is 0.380 e. The fraction of sp³-hybridized carbons (Fsp3) is 0.769. The molecule has 0 radical (unpaired) electrons. The summed E-state index contributed by atoms with van der Waals surface area (Å²) < 4.78 is 7.45. The second-order valence-corrected chi connectivity index (χ2v) is 4.97. The Balaban J connectivity index is 2.05. The summed E-state index contributed by atoms with van der Waals surface area (Å²) in [6.07, 6.45) is 6.25. The number of hydrogen-bond acceptors (Lipinski definition) is 4. The highest BCUT2D eigenvalue weighted by Gasteiger charge is 2.27. The molecule has 1 aromatic heterocycles. The van der Waals surface area contributed by atoms with Crippen LogP contribution in [0, 0.1) is 0 Å². The van der Waals surface area contributed by atoms with Gasteiger partial charge in [-0.05, 0) is 19.9 Å². The minimum Gasteiger partial charge on any atom is -0.380 e. The summed E-state index contributed by atoms with van der Waals surface area (Å²) in [5.74, 6) is 0. The lowest BCUT2D eigenvalue weighted by Crippen LogP contribution is -2.38. The van der Waals surface area contributed by atoms with Gasteiger partial charge in [-0.3, -0.25) is 9.58 Å². The van der Waals surface area contributed by atoms with Gasteiger partial charge >= 0.3 is 0 Å². The lowest BCUT2D eigenvalue weighted by Gasteiger charge is -2.30. The van der Waals surface area contributed by atoms with Crippen LogP contribution in [-0.2, 0) is 11.3 Å². The average Bonchev–Trinajstić information content (AvgIpc) is 3.01. The monoisotopic (exact) mass is 252 g/mol. The van der Waals surface area contributed by atoms with Crippen LogP contribution >= 0.6 is 0 Å². The van der Waals surface area contributed by atoms with Crippen molar-refractivity contribution >= 4 is 0 Å². The molecular formula is C13H24N4O. The van der Waals surface area contributed by atoms with E-state index < -0.39 is 0 Å². The zero-order valence-electron chi connectivity index (χ0n) is 11.4. The third kappa shape index (κ3) is 2.91. The highest BCUT2D eigenvalue weighted by Crippen LogP contribution is 2.23. The molecule has 0 saturated carbocycles. The van der Waals surface area contributed by atoms with Crippen molar-refractivity contribution in [2.45, 2.75) is 38.4 Å². The Morgan fingerprint density at radius 3 is 3.11 bits per heavy atom. The van der Waals surface area contributed by atoms with Crippen LogP contribution in [0.15, 0.2) is 12.4 Å². The van der Waals surface area contributed by atoms with Crippen LogP contribution in [0.2, 0.25) is 0 Å². The van der Waals surface area contributed by atoms with Gasteiger partial charge in [0.05, 0.1) is 18.8 Å². The predicted molar refractivity (Wildman–Crippen MR) is 71.3 cm³/mol. The van der Waals surface area contributed by atoms with E-state index in [-0.39, 0.29) is 6.04 Å². The van der Waals surface area contributed by atoms with E-state index in [1.165, 1.54) is 5.56 Å². The van der Waals surface area contributed by atoms with Gasteiger partial charge in [0.25, 0.3) is 0 Å². The molecular weight excluding hydrogens is 228 g/mol. The molecule has 2 unspecified atom stereocenters. The number of nitrogens with two attached hydrogens (primary N) is 1. The Hall–Kier alpha value is -0.910. The van der Waals surface area contributed by atoms with Crippen molar-refractivity contribution in [2.75, 3.05) is 26.8 Å². The van der Waals surface area contributed by atoms with Gasteiger partial charge in [0.1, 0.15) is 0 Å². The maximum atomic E-state index is 5.94. The van der Waals surface area contributed by atoms with Crippen LogP contribution in [0.25, 0.3) is 0 Å².